The fraction of sp³-hybridized carbons (Fsp3) is 0.278. The first-order valence-electron chi connectivity index (χ1n) is 7.28. The van der Waals surface area contributed by atoms with Gasteiger partial charge in [0.2, 0.25) is 0 Å². The fourth-order valence-electron chi connectivity index (χ4n) is 3.03. The molecular formula is C18H18N2O2. The molecule has 4 heteroatoms. The number of nitrogens with zero attached hydrogens (tertiary/aromatic N) is 1. The number of aliphatic hydroxyl groups is 1. The molecule has 1 heterocycles. The third kappa shape index (κ3) is 2.45. The monoisotopic (exact) mass is 294 g/mol. The van der Waals surface area contributed by atoms with Gasteiger partial charge in [-0.3, -0.25) is 5.32 Å². The summed E-state index contributed by atoms with van der Waals surface area (Å²) in [6.45, 7) is 0.0388. The van der Waals surface area contributed by atoms with Gasteiger partial charge < -0.3 is 9.84 Å². The predicted octanol–water partition coefficient (Wildman–Crippen LogP) is 2.30. The van der Waals surface area contributed by atoms with Gasteiger partial charge in [-0.15, -0.1) is 0 Å². The van der Waals surface area contributed by atoms with Gasteiger partial charge in [0.05, 0.1) is 19.8 Å². The van der Waals surface area contributed by atoms with E-state index in [9.17, 15) is 5.11 Å². The minimum atomic E-state index is -0.228. The van der Waals surface area contributed by atoms with Crippen molar-refractivity contribution in [3.05, 3.63) is 54.1 Å². The van der Waals surface area contributed by atoms with Gasteiger partial charge in [-0.1, -0.05) is 42.5 Å². The lowest BCUT2D eigenvalue weighted by Gasteiger charge is -2.41. The van der Waals surface area contributed by atoms with Gasteiger partial charge in [0.25, 0.3) is 0 Å². The number of ether oxygens (including phenoxy) is 1. The molecule has 2 aromatic carbocycles. The maximum Gasteiger partial charge on any atom is 0.126 e. The second-order valence-corrected chi connectivity index (χ2v) is 5.41. The molecule has 0 amide bonds. The molecule has 3 atom stereocenters. The zero-order valence-electron chi connectivity index (χ0n) is 12.4. The molecule has 0 spiro atoms. The van der Waals surface area contributed by atoms with E-state index in [1.807, 2.05) is 48.5 Å². The van der Waals surface area contributed by atoms with Gasteiger partial charge in [-0.2, -0.15) is 5.26 Å². The average molecular weight is 294 g/mol. The molecule has 1 saturated heterocycles. The van der Waals surface area contributed by atoms with Crippen LogP contribution in [-0.4, -0.2) is 30.9 Å². The summed E-state index contributed by atoms with van der Waals surface area (Å²) >= 11 is 0. The summed E-state index contributed by atoms with van der Waals surface area (Å²) in [6.07, 6.45) is 0. The second kappa shape index (κ2) is 6.18. The van der Waals surface area contributed by atoms with Crippen molar-refractivity contribution in [3.63, 3.8) is 0 Å². The molecule has 3 rings (SSSR count). The van der Waals surface area contributed by atoms with Crippen LogP contribution in [0, 0.1) is 11.3 Å². The first-order valence-corrected chi connectivity index (χ1v) is 7.28. The third-order valence-corrected chi connectivity index (χ3v) is 4.24. The van der Waals surface area contributed by atoms with Gasteiger partial charge >= 0.3 is 0 Å². The number of hydrogen-bond acceptors (Lipinski definition) is 4. The van der Waals surface area contributed by atoms with Gasteiger partial charge in [0, 0.05) is 17.5 Å². The summed E-state index contributed by atoms with van der Waals surface area (Å²) in [7, 11) is 1.66. The number of hydrogen-bond donors (Lipinski definition) is 2. The van der Waals surface area contributed by atoms with E-state index in [1.54, 1.807) is 7.11 Å². The van der Waals surface area contributed by atoms with Crippen LogP contribution in [0.3, 0.4) is 0 Å². The standard InChI is InChI=1S/C18H18N2O2/c1-22-17-5-3-2-4-14(17)12-6-8-13(9-7-12)18-15(10-19)20-16(18)11-21/h2-9,15-16,18,20-21H,11H2,1H3/t15-,16+,18-/m1/s1. The van der Waals surface area contributed by atoms with Crippen LogP contribution in [0.4, 0.5) is 0 Å². The highest BCUT2D eigenvalue weighted by Gasteiger charge is 2.41. The van der Waals surface area contributed by atoms with E-state index in [4.69, 9.17) is 10.00 Å². The van der Waals surface area contributed by atoms with E-state index >= 15 is 0 Å². The average Bonchev–Trinajstić information content (AvgIpc) is 2.55. The van der Waals surface area contributed by atoms with Gasteiger partial charge in [-0.05, 0) is 17.2 Å². The van der Waals surface area contributed by atoms with E-state index < -0.39 is 0 Å². The Labute approximate surface area is 130 Å². The molecule has 1 aliphatic heterocycles. The number of rotatable bonds is 4. The highest BCUT2D eigenvalue weighted by molar-refractivity contribution is 5.70. The van der Waals surface area contributed by atoms with Gasteiger partial charge in [-0.25, -0.2) is 0 Å². The van der Waals surface area contributed by atoms with E-state index in [0.717, 1.165) is 22.4 Å². The Morgan fingerprint density at radius 1 is 1.18 bits per heavy atom. The van der Waals surface area contributed by atoms with Crippen molar-refractivity contribution < 1.29 is 9.84 Å². The van der Waals surface area contributed by atoms with Crippen molar-refractivity contribution in [2.75, 3.05) is 13.7 Å². The summed E-state index contributed by atoms with van der Waals surface area (Å²) in [5.41, 5.74) is 3.18. The lowest BCUT2D eigenvalue weighted by molar-refractivity contribution is 0.151. The number of para-hydroxylation sites is 1. The van der Waals surface area contributed by atoms with Crippen LogP contribution >= 0.6 is 0 Å². The van der Waals surface area contributed by atoms with Crippen LogP contribution < -0.4 is 10.1 Å². The normalized spacial score (nSPS) is 23.4. The molecule has 1 fully saturated rings. The molecule has 112 valence electrons. The highest BCUT2D eigenvalue weighted by atomic mass is 16.5. The number of nitrogens with one attached hydrogen (secondary N) is 1. The van der Waals surface area contributed by atoms with Crippen molar-refractivity contribution in [1.82, 2.24) is 5.32 Å². The van der Waals surface area contributed by atoms with Crippen molar-refractivity contribution in [2.45, 2.75) is 18.0 Å². The molecule has 0 aliphatic carbocycles. The highest BCUT2D eigenvalue weighted by Crippen LogP contribution is 2.34. The smallest absolute Gasteiger partial charge is 0.126 e. The molecule has 4 nitrogen and oxygen atoms in total. The summed E-state index contributed by atoms with van der Waals surface area (Å²) in [5.74, 6) is 0.880. The molecule has 0 radical (unpaired) electrons. The molecule has 1 aliphatic rings. The SMILES string of the molecule is COc1ccccc1-c1ccc([C@H]2[C@H](CO)N[C@@H]2C#N)cc1. The zero-order chi connectivity index (χ0) is 15.5. The predicted molar refractivity (Wildman–Crippen MR) is 84.6 cm³/mol. The Balaban J connectivity index is 1.88. The number of aliphatic hydroxyl groups excluding tert-OH is 1. The van der Waals surface area contributed by atoms with Crippen LogP contribution in [0.2, 0.25) is 0 Å². The van der Waals surface area contributed by atoms with Crippen molar-refractivity contribution in [1.29, 1.82) is 5.26 Å². The summed E-state index contributed by atoms with van der Waals surface area (Å²) in [4.78, 5) is 0. The van der Waals surface area contributed by atoms with E-state index in [2.05, 4.69) is 11.4 Å². The van der Waals surface area contributed by atoms with Crippen LogP contribution in [0.5, 0.6) is 5.75 Å². The first kappa shape index (κ1) is 14.6. The lowest BCUT2D eigenvalue weighted by atomic mass is 9.78. The van der Waals surface area contributed by atoms with Crippen molar-refractivity contribution in [2.24, 2.45) is 0 Å². The Hall–Kier alpha value is -2.35. The number of benzene rings is 2. The lowest BCUT2D eigenvalue weighted by Crippen LogP contribution is -2.60. The minimum Gasteiger partial charge on any atom is -0.496 e. The summed E-state index contributed by atoms with van der Waals surface area (Å²) in [5, 5.41) is 21.5. The number of nitriles is 1. The Kier molecular flexibility index (Phi) is 4.10. The van der Waals surface area contributed by atoms with Gasteiger partial charge in [0.15, 0.2) is 0 Å². The third-order valence-electron chi connectivity index (χ3n) is 4.24. The summed E-state index contributed by atoms with van der Waals surface area (Å²) < 4.78 is 5.39. The first-order chi connectivity index (χ1) is 10.8. The second-order valence-electron chi connectivity index (χ2n) is 5.41. The molecule has 2 N–H and O–H groups in total. The Morgan fingerprint density at radius 3 is 2.55 bits per heavy atom. The molecule has 22 heavy (non-hydrogen) atoms. The fourth-order valence-corrected chi connectivity index (χ4v) is 3.03. The molecule has 0 unspecified atom stereocenters. The van der Waals surface area contributed by atoms with Crippen molar-refractivity contribution >= 4 is 0 Å². The molecule has 0 aromatic heterocycles. The van der Waals surface area contributed by atoms with Crippen LogP contribution in [0.15, 0.2) is 48.5 Å². The quantitative estimate of drug-likeness (QED) is 0.908. The number of methoxy groups -OCH3 is 1. The maximum absolute atomic E-state index is 9.34. The van der Waals surface area contributed by atoms with Crippen LogP contribution in [-0.2, 0) is 0 Å². The van der Waals surface area contributed by atoms with Crippen LogP contribution in [0.1, 0.15) is 11.5 Å². The maximum atomic E-state index is 9.34. The van der Waals surface area contributed by atoms with Crippen LogP contribution in [0.25, 0.3) is 11.1 Å². The van der Waals surface area contributed by atoms with E-state index in [0.29, 0.717) is 0 Å². The molecular weight excluding hydrogens is 276 g/mol. The minimum absolute atomic E-state index is 0.0388. The molecule has 2 aromatic rings. The topological polar surface area (TPSA) is 65.3 Å². The van der Waals surface area contributed by atoms with E-state index in [-0.39, 0.29) is 24.6 Å². The van der Waals surface area contributed by atoms with Gasteiger partial charge in [0.1, 0.15) is 11.8 Å². The van der Waals surface area contributed by atoms with Crippen molar-refractivity contribution in [3.8, 4) is 22.9 Å². The van der Waals surface area contributed by atoms with E-state index in [1.165, 1.54) is 0 Å². The Bertz CT molecular complexity index is 691. The molecule has 0 saturated carbocycles. The molecule has 0 bridgehead atoms. The zero-order valence-corrected chi connectivity index (χ0v) is 12.4. The Morgan fingerprint density at radius 2 is 1.91 bits per heavy atom. The largest absolute Gasteiger partial charge is 0.496 e. The summed E-state index contributed by atoms with van der Waals surface area (Å²) in [6, 6.07) is 18.0.